The standard InChI is InChI=1S/C5H9N3O2/c6-2-1-4(3-7)8-5(9)10/h4,8H,1,3,7H2,(H,9,10). The van der Waals surface area contributed by atoms with Gasteiger partial charge in [0.2, 0.25) is 0 Å². The molecule has 0 rings (SSSR count). The molecule has 0 radical (unpaired) electrons. The number of nitrogens with one attached hydrogen (secondary N) is 1. The van der Waals surface area contributed by atoms with Crippen LogP contribution in [0.2, 0.25) is 0 Å². The van der Waals surface area contributed by atoms with Crippen LogP contribution in [0.3, 0.4) is 0 Å². The molecular formula is C5H9N3O2. The number of nitriles is 1. The molecule has 0 heterocycles. The van der Waals surface area contributed by atoms with Gasteiger partial charge in [-0.3, -0.25) is 0 Å². The summed E-state index contributed by atoms with van der Waals surface area (Å²) in [5, 5.41) is 18.4. The van der Waals surface area contributed by atoms with E-state index >= 15 is 0 Å². The van der Waals surface area contributed by atoms with Crippen LogP contribution in [0.4, 0.5) is 4.79 Å². The SMILES string of the molecule is N#CCC(CN)NC(=O)O. The highest BCUT2D eigenvalue weighted by atomic mass is 16.4. The zero-order chi connectivity index (χ0) is 7.98. The molecule has 0 aromatic carbocycles. The average Bonchev–Trinajstić information content (AvgIpc) is 1.86. The van der Waals surface area contributed by atoms with E-state index in [0.717, 1.165) is 0 Å². The van der Waals surface area contributed by atoms with Gasteiger partial charge in [-0.2, -0.15) is 5.26 Å². The van der Waals surface area contributed by atoms with E-state index in [2.05, 4.69) is 5.32 Å². The van der Waals surface area contributed by atoms with Crippen molar-refractivity contribution < 1.29 is 9.90 Å². The van der Waals surface area contributed by atoms with Gasteiger partial charge in [-0.1, -0.05) is 0 Å². The second-order valence-corrected chi connectivity index (χ2v) is 1.74. The fraction of sp³-hybridized carbons (Fsp3) is 0.600. The van der Waals surface area contributed by atoms with Crippen LogP contribution in [-0.2, 0) is 0 Å². The van der Waals surface area contributed by atoms with Crippen LogP contribution in [0.15, 0.2) is 0 Å². The van der Waals surface area contributed by atoms with Gasteiger partial charge in [-0.05, 0) is 0 Å². The van der Waals surface area contributed by atoms with Gasteiger partial charge in [-0.15, -0.1) is 0 Å². The average molecular weight is 143 g/mol. The molecule has 5 heteroatoms. The van der Waals surface area contributed by atoms with Crippen LogP contribution < -0.4 is 11.1 Å². The van der Waals surface area contributed by atoms with Gasteiger partial charge >= 0.3 is 6.09 Å². The lowest BCUT2D eigenvalue weighted by Crippen LogP contribution is -2.38. The van der Waals surface area contributed by atoms with Gasteiger partial charge in [0.05, 0.1) is 18.5 Å². The van der Waals surface area contributed by atoms with E-state index in [1.165, 1.54) is 0 Å². The molecule has 0 saturated carbocycles. The highest BCUT2D eigenvalue weighted by Crippen LogP contribution is 1.85. The number of amides is 1. The van der Waals surface area contributed by atoms with Crippen molar-refractivity contribution in [1.29, 1.82) is 5.26 Å². The van der Waals surface area contributed by atoms with Gasteiger partial charge in [0.15, 0.2) is 0 Å². The van der Waals surface area contributed by atoms with Crippen molar-refractivity contribution in [3.05, 3.63) is 0 Å². The maximum absolute atomic E-state index is 9.97. The molecule has 1 unspecified atom stereocenters. The molecular weight excluding hydrogens is 134 g/mol. The Labute approximate surface area is 58.4 Å². The van der Waals surface area contributed by atoms with Crippen molar-refractivity contribution in [3.63, 3.8) is 0 Å². The van der Waals surface area contributed by atoms with Crippen LogP contribution in [0.1, 0.15) is 6.42 Å². The van der Waals surface area contributed by atoms with Crippen LogP contribution >= 0.6 is 0 Å². The lowest BCUT2D eigenvalue weighted by molar-refractivity contribution is 0.190. The summed E-state index contributed by atoms with van der Waals surface area (Å²) in [5.74, 6) is 0. The molecule has 4 N–H and O–H groups in total. The number of nitrogens with zero attached hydrogens (tertiary/aromatic N) is 1. The quantitative estimate of drug-likeness (QED) is 0.495. The largest absolute Gasteiger partial charge is 0.465 e. The van der Waals surface area contributed by atoms with Crippen molar-refractivity contribution in [1.82, 2.24) is 5.32 Å². The molecule has 56 valence electrons. The molecule has 0 saturated heterocycles. The van der Waals surface area contributed by atoms with Crippen molar-refractivity contribution in [2.75, 3.05) is 6.54 Å². The maximum Gasteiger partial charge on any atom is 0.404 e. The highest BCUT2D eigenvalue weighted by Gasteiger charge is 2.07. The first kappa shape index (κ1) is 8.72. The first-order valence-corrected chi connectivity index (χ1v) is 2.77. The number of rotatable bonds is 3. The van der Waals surface area contributed by atoms with Gasteiger partial charge < -0.3 is 16.2 Å². The first-order valence-electron chi connectivity index (χ1n) is 2.77. The molecule has 0 aliphatic rings. The molecule has 0 aliphatic heterocycles. The third-order valence-electron chi connectivity index (χ3n) is 0.950. The smallest absolute Gasteiger partial charge is 0.404 e. The minimum absolute atomic E-state index is 0.114. The van der Waals surface area contributed by atoms with E-state index in [1.54, 1.807) is 0 Å². The zero-order valence-electron chi connectivity index (χ0n) is 5.37. The van der Waals surface area contributed by atoms with Crippen LogP contribution in [0.25, 0.3) is 0 Å². The van der Waals surface area contributed by atoms with Gasteiger partial charge in [0, 0.05) is 6.54 Å². The molecule has 0 spiro atoms. The summed E-state index contributed by atoms with van der Waals surface area (Å²) in [6.45, 7) is 0.153. The van der Waals surface area contributed by atoms with E-state index in [-0.39, 0.29) is 13.0 Å². The summed E-state index contributed by atoms with van der Waals surface area (Å²) in [7, 11) is 0. The molecule has 10 heavy (non-hydrogen) atoms. The lowest BCUT2D eigenvalue weighted by Gasteiger charge is -2.08. The molecule has 0 fully saturated rings. The van der Waals surface area contributed by atoms with Crippen molar-refractivity contribution >= 4 is 6.09 Å². The Kier molecular flexibility index (Phi) is 4.00. The van der Waals surface area contributed by atoms with Crippen molar-refractivity contribution in [2.24, 2.45) is 5.73 Å². The maximum atomic E-state index is 9.97. The fourth-order valence-corrected chi connectivity index (χ4v) is 0.478. The van der Waals surface area contributed by atoms with Crippen LogP contribution in [0, 0.1) is 11.3 Å². The van der Waals surface area contributed by atoms with E-state index in [9.17, 15) is 4.79 Å². The second-order valence-electron chi connectivity index (χ2n) is 1.74. The Morgan fingerprint density at radius 3 is 2.80 bits per heavy atom. The number of hydrogen-bond acceptors (Lipinski definition) is 3. The highest BCUT2D eigenvalue weighted by molar-refractivity contribution is 5.64. The van der Waals surface area contributed by atoms with E-state index < -0.39 is 12.1 Å². The molecule has 0 aliphatic carbocycles. The lowest BCUT2D eigenvalue weighted by atomic mass is 10.2. The van der Waals surface area contributed by atoms with Gasteiger partial charge in [0.25, 0.3) is 0 Å². The number of carbonyl (C=O) groups is 1. The van der Waals surface area contributed by atoms with Gasteiger partial charge in [-0.25, -0.2) is 4.79 Å². The van der Waals surface area contributed by atoms with Crippen LogP contribution in [0.5, 0.6) is 0 Å². The Bertz CT molecular complexity index is 151. The Balaban J connectivity index is 3.62. The summed E-state index contributed by atoms with van der Waals surface area (Å²) < 4.78 is 0. The normalized spacial score (nSPS) is 11.6. The number of carboxylic acid groups (broad SMARTS) is 1. The van der Waals surface area contributed by atoms with E-state index in [4.69, 9.17) is 16.1 Å². The minimum atomic E-state index is -1.15. The van der Waals surface area contributed by atoms with Gasteiger partial charge in [0.1, 0.15) is 0 Å². The monoisotopic (exact) mass is 143 g/mol. The van der Waals surface area contributed by atoms with Crippen molar-refractivity contribution in [3.8, 4) is 6.07 Å². The van der Waals surface area contributed by atoms with Crippen LogP contribution in [-0.4, -0.2) is 23.8 Å². The summed E-state index contributed by atoms with van der Waals surface area (Å²) in [6, 6.07) is 1.38. The molecule has 1 amide bonds. The summed E-state index contributed by atoms with van der Waals surface area (Å²) in [6.07, 6.45) is -1.03. The zero-order valence-corrected chi connectivity index (χ0v) is 5.37. The molecule has 0 aromatic heterocycles. The third kappa shape index (κ3) is 3.69. The predicted molar refractivity (Wildman–Crippen MR) is 34.2 cm³/mol. The minimum Gasteiger partial charge on any atom is -0.465 e. The van der Waals surface area contributed by atoms with Crippen molar-refractivity contribution in [2.45, 2.75) is 12.5 Å². The Morgan fingerprint density at radius 2 is 2.50 bits per heavy atom. The molecule has 0 aromatic rings. The fourth-order valence-electron chi connectivity index (χ4n) is 0.478. The third-order valence-corrected chi connectivity index (χ3v) is 0.950. The summed E-state index contributed by atoms with van der Waals surface area (Å²) >= 11 is 0. The molecule has 0 bridgehead atoms. The second kappa shape index (κ2) is 4.58. The Hall–Kier alpha value is -1.28. The predicted octanol–water partition coefficient (Wildman–Crippen LogP) is -0.505. The summed E-state index contributed by atoms with van der Waals surface area (Å²) in [5.41, 5.74) is 5.13. The molecule has 5 nitrogen and oxygen atoms in total. The van der Waals surface area contributed by atoms with E-state index in [1.807, 2.05) is 6.07 Å². The number of hydrogen-bond donors (Lipinski definition) is 3. The topological polar surface area (TPSA) is 99.1 Å². The van der Waals surface area contributed by atoms with E-state index in [0.29, 0.717) is 0 Å². The first-order chi connectivity index (χ1) is 4.70. The Morgan fingerprint density at radius 1 is 1.90 bits per heavy atom. The summed E-state index contributed by atoms with van der Waals surface area (Å²) in [4.78, 5) is 9.97. The number of nitrogens with two attached hydrogens (primary N) is 1. The molecule has 1 atom stereocenters.